The highest BCUT2D eigenvalue weighted by Gasteiger charge is 2.27. The largest absolute Gasteiger partial charge is 0.456 e. The number of aliphatic hydroxyl groups is 1. The summed E-state index contributed by atoms with van der Waals surface area (Å²) in [6, 6.07) is 7.30. The number of fused-ring (bicyclic) bond motifs is 5. The number of aliphatic hydroxyl groups excluding tert-OH is 1. The van der Waals surface area contributed by atoms with Crippen LogP contribution in [-0.4, -0.2) is 23.2 Å². The Hall–Kier alpha value is -2.60. The molecule has 6 heteroatoms. The first kappa shape index (κ1) is 13.1. The van der Waals surface area contributed by atoms with Gasteiger partial charge in [0.05, 0.1) is 4.92 Å². The van der Waals surface area contributed by atoms with E-state index in [4.69, 9.17) is 9.52 Å². The summed E-state index contributed by atoms with van der Waals surface area (Å²) < 4.78 is 5.94. The fourth-order valence-electron chi connectivity index (χ4n) is 3.19. The molecule has 0 saturated carbocycles. The molecular formula is C16H14N2O4. The molecule has 0 unspecified atom stereocenters. The molecule has 0 fully saturated rings. The minimum Gasteiger partial charge on any atom is -0.456 e. The molecule has 0 bridgehead atoms. The van der Waals surface area contributed by atoms with Gasteiger partial charge in [0.1, 0.15) is 16.9 Å². The molecule has 0 amide bonds. The normalized spacial score (nSPS) is 13.5. The van der Waals surface area contributed by atoms with Gasteiger partial charge in [-0.3, -0.25) is 10.1 Å². The molecule has 1 aromatic heterocycles. The van der Waals surface area contributed by atoms with Crippen molar-refractivity contribution in [1.29, 1.82) is 0 Å². The summed E-state index contributed by atoms with van der Waals surface area (Å²) in [5.41, 5.74) is 3.97. The topological polar surface area (TPSA) is 88.5 Å². The fourth-order valence-corrected chi connectivity index (χ4v) is 3.19. The highest BCUT2D eigenvalue weighted by Crippen LogP contribution is 2.42. The van der Waals surface area contributed by atoms with E-state index in [-0.39, 0.29) is 17.2 Å². The number of hydrogen-bond donors (Lipinski definition) is 2. The third-order valence-corrected chi connectivity index (χ3v) is 4.18. The lowest BCUT2D eigenvalue weighted by Crippen LogP contribution is -1.96. The third kappa shape index (κ3) is 1.77. The standard InChI is InChI=1S/C16H14N2O4/c19-6-4-9-1-2-14-11(7-9)12-8-13(18(20)21)15-10(3-5-17-15)16(12)22-14/h1-2,7-8,17,19H,3-6H2. The lowest BCUT2D eigenvalue weighted by atomic mass is 10.0. The second-order valence-corrected chi connectivity index (χ2v) is 5.47. The molecule has 3 aromatic rings. The van der Waals surface area contributed by atoms with Gasteiger partial charge in [-0.2, -0.15) is 0 Å². The van der Waals surface area contributed by atoms with E-state index < -0.39 is 0 Å². The molecule has 1 aliphatic heterocycles. The molecule has 6 nitrogen and oxygen atoms in total. The number of benzene rings is 2. The highest BCUT2D eigenvalue weighted by molar-refractivity contribution is 6.09. The first-order valence-corrected chi connectivity index (χ1v) is 7.19. The zero-order valence-electron chi connectivity index (χ0n) is 11.8. The zero-order chi connectivity index (χ0) is 15.3. The number of anilines is 1. The molecule has 112 valence electrons. The van der Waals surface area contributed by atoms with E-state index in [1.165, 1.54) is 0 Å². The van der Waals surface area contributed by atoms with Gasteiger partial charge >= 0.3 is 0 Å². The summed E-state index contributed by atoms with van der Waals surface area (Å²) in [5.74, 6) is 0. The first-order chi connectivity index (χ1) is 10.7. The summed E-state index contributed by atoms with van der Waals surface area (Å²) in [6.07, 6.45) is 1.27. The summed E-state index contributed by atoms with van der Waals surface area (Å²) in [5, 5.41) is 25.1. The van der Waals surface area contributed by atoms with Crippen LogP contribution >= 0.6 is 0 Å². The molecule has 22 heavy (non-hydrogen) atoms. The number of hydrogen-bond acceptors (Lipinski definition) is 5. The van der Waals surface area contributed by atoms with Crippen molar-refractivity contribution >= 4 is 33.3 Å². The van der Waals surface area contributed by atoms with Crippen LogP contribution in [0.2, 0.25) is 0 Å². The van der Waals surface area contributed by atoms with E-state index in [0.717, 1.165) is 33.9 Å². The van der Waals surface area contributed by atoms with Gasteiger partial charge in [-0.1, -0.05) is 6.07 Å². The van der Waals surface area contributed by atoms with E-state index >= 15 is 0 Å². The minimum absolute atomic E-state index is 0.0702. The number of rotatable bonds is 3. The van der Waals surface area contributed by atoms with E-state index in [1.54, 1.807) is 6.07 Å². The van der Waals surface area contributed by atoms with Crippen molar-refractivity contribution in [1.82, 2.24) is 0 Å². The van der Waals surface area contributed by atoms with Gasteiger partial charge < -0.3 is 14.8 Å². The van der Waals surface area contributed by atoms with Crippen molar-refractivity contribution in [2.75, 3.05) is 18.5 Å². The van der Waals surface area contributed by atoms with Crippen molar-refractivity contribution < 1.29 is 14.4 Å². The van der Waals surface area contributed by atoms with E-state index in [2.05, 4.69) is 5.32 Å². The number of nitro groups is 1. The Morgan fingerprint density at radius 1 is 1.32 bits per heavy atom. The van der Waals surface area contributed by atoms with Crippen LogP contribution < -0.4 is 5.32 Å². The number of nitro benzene ring substituents is 1. The maximum atomic E-state index is 11.3. The van der Waals surface area contributed by atoms with E-state index in [0.29, 0.717) is 24.2 Å². The van der Waals surface area contributed by atoms with Gasteiger partial charge in [0, 0.05) is 35.6 Å². The second kappa shape index (κ2) is 4.71. The number of nitrogens with zero attached hydrogens (tertiary/aromatic N) is 1. The molecule has 2 heterocycles. The number of furan rings is 1. The Morgan fingerprint density at radius 3 is 2.95 bits per heavy atom. The fraction of sp³-hybridized carbons (Fsp3) is 0.250. The summed E-state index contributed by atoms with van der Waals surface area (Å²) >= 11 is 0. The summed E-state index contributed by atoms with van der Waals surface area (Å²) in [7, 11) is 0. The molecule has 1 aliphatic rings. The Morgan fingerprint density at radius 2 is 2.18 bits per heavy atom. The number of nitrogens with one attached hydrogen (secondary N) is 1. The Labute approximate surface area is 125 Å². The van der Waals surface area contributed by atoms with Gasteiger partial charge in [0.15, 0.2) is 0 Å². The first-order valence-electron chi connectivity index (χ1n) is 7.19. The molecule has 0 atom stereocenters. The average Bonchev–Trinajstić information content (AvgIpc) is 3.10. The smallest absolute Gasteiger partial charge is 0.293 e. The van der Waals surface area contributed by atoms with Crippen LogP contribution in [0.4, 0.5) is 11.4 Å². The molecule has 2 aromatic carbocycles. The molecule has 0 aliphatic carbocycles. The summed E-state index contributed by atoms with van der Waals surface area (Å²) in [4.78, 5) is 11.0. The third-order valence-electron chi connectivity index (χ3n) is 4.18. The maximum Gasteiger partial charge on any atom is 0.293 e. The van der Waals surface area contributed by atoms with Gasteiger partial charge in [-0.15, -0.1) is 0 Å². The van der Waals surface area contributed by atoms with Gasteiger partial charge in [-0.05, 0) is 30.5 Å². The van der Waals surface area contributed by atoms with Gasteiger partial charge in [0.2, 0.25) is 0 Å². The Balaban J connectivity index is 2.07. The van der Waals surface area contributed by atoms with Crippen LogP contribution in [0.1, 0.15) is 11.1 Å². The van der Waals surface area contributed by atoms with E-state index in [9.17, 15) is 10.1 Å². The van der Waals surface area contributed by atoms with Gasteiger partial charge in [-0.25, -0.2) is 0 Å². The van der Waals surface area contributed by atoms with Crippen molar-refractivity contribution in [2.45, 2.75) is 12.8 Å². The van der Waals surface area contributed by atoms with Crippen molar-refractivity contribution in [2.24, 2.45) is 0 Å². The quantitative estimate of drug-likeness (QED) is 0.573. The molecule has 4 rings (SSSR count). The predicted octanol–water partition coefficient (Wildman–Crippen LogP) is 3.00. The molecule has 0 saturated heterocycles. The van der Waals surface area contributed by atoms with Crippen LogP contribution in [0.15, 0.2) is 28.7 Å². The molecule has 2 N–H and O–H groups in total. The van der Waals surface area contributed by atoms with Crippen molar-refractivity contribution in [3.63, 3.8) is 0 Å². The van der Waals surface area contributed by atoms with E-state index in [1.807, 2.05) is 18.2 Å². The highest BCUT2D eigenvalue weighted by atomic mass is 16.6. The molecule has 0 spiro atoms. The SMILES string of the molecule is O=[N+]([O-])c1cc2c(oc3ccc(CCO)cc32)c2c1NCC2. The molecular weight excluding hydrogens is 284 g/mol. The second-order valence-electron chi connectivity index (χ2n) is 5.47. The Bertz CT molecular complexity index is 914. The monoisotopic (exact) mass is 298 g/mol. The minimum atomic E-state index is -0.354. The summed E-state index contributed by atoms with van der Waals surface area (Å²) in [6.45, 7) is 0.753. The lowest BCUT2D eigenvalue weighted by molar-refractivity contribution is -0.383. The van der Waals surface area contributed by atoms with Crippen molar-refractivity contribution in [3.8, 4) is 0 Å². The molecule has 0 radical (unpaired) electrons. The average molecular weight is 298 g/mol. The van der Waals surface area contributed by atoms with Crippen LogP contribution in [0.3, 0.4) is 0 Å². The predicted molar refractivity (Wildman–Crippen MR) is 83.4 cm³/mol. The van der Waals surface area contributed by atoms with Gasteiger partial charge in [0.25, 0.3) is 5.69 Å². The zero-order valence-corrected chi connectivity index (χ0v) is 11.8. The Kier molecular flexibility index (Phi) is 2.80. The van der Waals surface area contributed by atoms with Crippen LogP contribution in [0.25, 0.3) is 21.9 Å². The van der Waals surface area contributed by atoms with Crippen LogP contribution in [0, 0.1) is 10.1 Å². The van der Waals surface area contributed by atoms with Crippen molar-refractivity contribution in [3.05, 3.63) is 45.5 Å². The van der Waals surface area contributed by atoms with Crippen LogP contribution in [0.5, 0.6) is 0 Å². The lowest BCUT2D eigenvalue weighted by Gasteiger charge is -2.02. The maximum absolute atomic E-state index is 11.3. The van der Waals surface area contributed by atoms with Crippen LogP contribution in [-0.2, 0) is 12.8 Å².